The summed E-state index contributed by atoms with van der Waals surface area (Å²) in [6.07, 6.45) is 5.24. The molecule has 2 atom stereocenters. The molecule has 2 aromatic rings. The highest BCUT2D eigenvalue weighted by Crippen LogP contribution is 2.28. The second-order valence-corrected chi connectivity index (χ2v) is 7.55. The van der Waals surface area contributed by atoms with Crippen LogP contribution in [0.15, 0.2) is 53.1 Å². The van der Waals surface area contributed by atoms with Gasteiger partial charge in [0.25, 0.3) is 0 Å². The number of rotatable bonds is 7. The number of benzene rings is 1. The van der Waals surface area contributed by atoms with Gasteiger partial charge in [-0.2, -0.15) is 0 Å². The van der Waals surface area contributed by atoms with E-state index in [9.17, 15) is 0 Å². The van der Waals surface area contributed by atoms with Crippen LogP contribution in [0, 0.1) is 5.92 Å². The normalized spacial score (nSPS) is 21.5. The molecule has 3 nitrogen and oxygen atoms in total. The van der Waals surface area contributed by atoms with Gasteiger partial charge in [0.15, 0.2) is 0 Å². The fourth-order valence-electron chi connectivity index (χ4n) is 3.85. The van der Waals surface area contributed by atoms with E-state index >= 15 is 0 Å². The minimum atomic E-state index is 0.0531. The van der Waals surface area contributed by atoms with Crippen LogP contribution in [0.2, 0.25) is 0 Å². The van der Waals surface area contributed by atoms with E-state index in [4.69, 9.17) is 9.15 Å². The van der Waals surface area contributed by atoms with E-state index in [2.05, 4.69) is 55.6 Å². The molecule has 0 saturated carbocycles. The van der Waals surface area contributed by atoms with Crippen molar-refractivity contribution in [3.63, 3.8) is 0 Å². The molecular weight excluding hydrogens is 298 g/mol. The van der Waals surface area contributed by atoms with Crippen molar-refractivity contribution in [1.29, 1.82) is 0 Å². The largest absolute Gasteiger partial charge is 0.469 e. The second kappa shape index (κ2) is 8.00. The summed E-state index contributed by atoms with van der Waals surface area (Å²) in [6.45, 7) is 7.65. The third kappa shape index (κ3) is 4.71. The monoisotopic (exact) mass is 328 g/mol. The lowest BCUT2D eigenvalue weighted by molar-refractivity contribution is -0.661. The van der Waals surface area contributed by atoms with Gasteiger partial charge in [0, 0.05) is 24.9 Å². The van der Waals surface area contributed by atoms with E-state index in [1.54, 1.807) is 6.26 Å². The Labute approximate surface area is 145 Å². The zero-order valence-corrected chi connectivity index (χ0v) is 14.9. The van der Waals surface area contributed by atoms with Gasteiger partial charge in [-0.15, -0.1) is 0 Å². The van der Waals surface area contributed by atoms with Crippen molar-refractivity contribution in [2.75, 3.05) is 19.7 Å². The first-order valence-electron chi connectivity index (χ1n) is 9.18. The van der Waals surface area contributed by atoms with Gasteiger partial charge in [0.05, 0.1) is 25.0 Å². The molecule has 1 aromatic carbocycles. The molecule has 0 unspecified atom stereocenters. The molecule has 2 N–H and O–H groups in total. The molecule has 1 saturated heterocycles. The van der Waals surface area contributed by atoms with Crippen molar-refractivity contribution in [1.82, 2.24) is 0 Å². The molecule has 0 aliphatic carbocycles. The van der Waals surface area contributed by atoms with Gasteiger partial charge < -0.3 is 14.5 Å². The summed E-state index contributed by atoms with van der Waals surface area (Å²) < 4.78 is 11.5. The average Bonchev–Trinajstić information content (AvgIpc) is 3.09. The maximum Gasteiger partial charge on any atom is 0.111 e. The van der Waals surface area contributed by atoms with Crippen LogP contribution in [-0.2, 0) is 4.74 Å². The SMILES string of the molecule is CC1(C)C[C@@H](C[NH2+]CC[C@H](c2ccccc2)c2ccco2)CCO1. The van der Waals surface area contributed by atoms with Crippen molar-refractivity contribution in [3.05, 3.63) is 60.1 Å². The van der Waals surface area contributed by atoms with Crippen LogP contribution in [0.25, 0.3) is 0 Å². The highest BCUT2D eigenvalue weighted by atomic mass is 16.5. The maximum atomic E-state index is 5.82. The Morgan fingerprint density at radius 1 is 1.17 bits per heavy atom. The fraction of sp³-hybridized carbons (Fsp3) is 0.524. The van der Waals surface area contributed by atoms with Gasteiger partial charge in [0.1, 0.15) is 5.76 Å². The molecule has 0 spiro atoms. The standard InChI is InChI=1S/C21H29NO2/c1-21(2)15-17(11-14-24-21)16-22-12-10-19(20-9-6-13-23-20)18-7-4-3-5-8-18/h3-9,13,17,19,22H,10-12,14-16H2,1-2H3/p+1/t17-,19+/m0/s1. The summed E-state index contributed by atoms with van der Waals surface area (Å²) in [5, 5.41) is 2.48. The topological polar surface area (TPSA) is 39.0 Å². The quantitative estimate of drug-likeness (QED) is 0.789. The summed E-state index contributed by atoms with van der Waals surface area (Å²) in [6, 6.07) is 14.8. The second-order valence-electron chi connectivity index (χ2n) is 7.55. The summed E-state index contributed by atoms with van der Waals surface area (Å²) >= 11 is 0. The zero-order valence-electron chi connectivity index (χ0n) is 14.9. The lowest BCUT2D eigenvalue weighted by atomic mass is 9.88. The van der Waals surface area contributed by atoms with E-state index < -0.39 is 0 Å². The molecule has 130 valence electrons. The molecule has 1 fully saturated rings. The number of hydrogen-bond acceptors (Lipinski definition) is 2. The molecule has 3 heteroatoms. The number of ether oxygens (including phenoxy) is 1. The molecule has 0 amide bonds. The van der Waals surface area contributed by atoms with Gasteiger partial charge in [-0.1, -0.05) is 30.3 Å². The van der Waals surface area contributed by atoms with Crippen LogP contribution in [0.5, 0.6) is 0 Å². The van der Waals surface area contributed by atoms with Crippen LogP contribution in [0.3, 0.4) is 0 Å². The van der Waals surface area contributed by atoms with Gasteiger partial charge in [0.2, 0.25) is 0 Å². The van der Waals surface area contributed by atoms with Crippen LogP contribution >= 0.6 is 0 Å². The van der Waals surface area contributed by atoms with Crippen molar-refractivity contribution >= 4 is 0 Å². The number of nitrogens with two attached hydrogens (primary N) is 1. The average molecular weight is 328 g/mol. The van der Waals surface area contributed by atoms with Crippen LogP contribution < -0.4 is 5.32 Å². The predicted octanol–water partition coefficient (Wildman–Crippen LogP) is 3.57. The Kier molecular flexibility index (Phi) is 5.75. The predicted molar refractivity (Wildman–Crippen MR) is 96.0 cm³/mol. The molecule has 1 aliphatic rings. The van der Waals surface area contributed by atoms with Crippen LogP contribution in [0.4, 0.5) is 0 Å². The van der Waals surface area contributed by atoms with Gasteiger partial charge in [-0.25, -0.2) is 0 Å². The first-order valence-corrected chi connectivity index (χ1v) is 9.18. The Morgan fingerprint density at radius 3 is 2.71 bits per heavy atom. The molecule has 3 rings (SSSR count). The van der Waals surface area contributed by atoms with Crippen molar-refractivity contribution < 1.29 is 14.5 Å². The summed E-state index contributed by atoms with van der Waals surface area (Å²) in [5.41, 5.74) is 1.39. The Hall–Kier alpha value is -1.58. The number of furan rings is 1. The van der Waals surface area contributed by atoms with Crippen LogP contribution in [-0.4, -0.2) is 25.3 Å². The Balaban J connectivity index is 1.51. The highest BCUT2D eigenvalue weighted by Gasteiger charge is 2.29. The van der Waals surface area contributed by atoms with E-state index in [0.29, 0.717) is 5.92 Å². The lowest BCUT2D eigenvalue weighted by Gasteiger charge is -2.34. The third-order valence-electron chi connectivity index (χ3n) is 5.05. The molecule has 24 heavy (non-hydrogen) atoms. The van der Waals surface area contributed by atoms with Gasteiger partial charge in [-0.3, -0.25) is 0 Å². The van der Waals surface area contributed by atoms with Crippen molar-refractivity contribution in [2.24, 2.45) is 5.92 Å². The van der Waals surface area contributed by atoms with Gasteiger partial charge in [-0.05, 0) is 44.4 Å². The van der Waals surface area contributed by atoms with Crippen molar-refractivity contribution in [3.8, 4) is 0 Å². The summed E-state index contributed by atoms with van der Waals surface area (Å²) in [7, 11) is 0. The molecular formula is C21H30NO2+. The molecule has 1 aromatic heterocycles. The van der Waals surface area contributed by atoms with E-state index in [1.807, 2.05) is 6.07 Å². The molecule has 1 aliphatic heterocycles. The third-order valence-corrected chi connectivity index (χ3v) is 5.05. The smallest absolute Gasteiger partial charge is 0.111 e. The zero-order chi connectivity index (χ0) is 16.8. The minimum absolute atomic E-state index is 0.0531. The Morgan fingerprint density at radius 2 is 2.00 bits per heavy atom. The highest BCUT2D eigenvalue weighted by molar-refractivity contribution is 5.26. The lowest BCUT2D eigenvalue weighted by Crippen LogP contribution is -2.86. The van der Waals surface area contributed by atoms with E-state index in [-0.39, 0.29) is 5.60 Å². The van der Waals surface area contributed by atoms with E-state index in [0.717, 1.165) is 31.3 Å². The first-order chi connectivity index (χ1) is 11.6. The number of quaternary nitrogens is 1. The van der Waals surface area contributed by atoms with Crippen molar-refractivity contribution in [2.45, 2.75) is 44.6 Å². The molecule has 0 bridgehead atoms. The first kappa shape index (κ1) is 17.2. The Bertz CT molecular complexity index is 592. The fourth-order valence-corrected chi connectivity index (χ4v) is 3.85. The molecule has 0 radical (unpaired) electrons. The van der Waals surface area contributed by atoms with Crippen LogP contribution in [0.1, 0.15) is 50.4 Å². The summed E-state index contributed by atoms with van der Waals surface area (Å²) in [5.74, 6) is 2.19. The summed E-state index contributed by atoms with van der Waals surface area (Å²) in [4.78, 5) is 0. The maximum absolute atomic E-state index is 5.82. The number of hydrogen-bond donors (Lipinski definition) is 1. The van der Waals surface area contributed by atoms with E-state index in [1.165, 1.54) is 24.9 Å². The van der Waals surface area contributed by atoms with Gasteiger partial charge >= 0.3 is 0 Å². The minimum Gasteiger partial charge on any atom is -0.469 e. The molecule has 2 heterocycles.